The molecule has 7 heteroatoms. The Balaban J connectivity index is 0.000000173. The fourth-order valence-electron chi connectivity index (χ4n) is 4.55. The number of imidazole rings is 1. The number of hydrogen-bond donors (Lipinski definition) is 0. The monoisotopic (exact) mass is 782 g/mol. The van der Waals surface area contributed by atoms with Crippen LogP contribution in [0.2, 0.25) is 0 Å². The van der Waals surface area contributed by atoms with Gasteiger partial charge >= 0.3 is 0 Å². The molecule has 4 heterocycles. The van der Waals surface area contributed by atoms with Crippen molar-refractivity contribution in [3.05, 3.63) is 133 Å². The molecule has 4 aromatic carbocycles. The van der Waals surface area contributed by atoms with E-state index in [-0.39, 0.29) is 52.8 Å². The number of aromatic nitrogens is 4. The zero-order chi connectivity index (χ0) is 26.0. The summed E-state index contributed by atoms with van der Waals surface area (Å²) < 4.78 is 5.89. The molecule has 0 amide bonds. The third kappa shape index (κ3) is 6.07. The molecular weight excluding hydrogens is 762 g/mol. The van der Waals surface area contributed by atoms with Gasteiger partial charge in [0, 0.05) is 71.0 Å². The summed E-state index contributed by atoms with van der Waals surface area (Å²) in [4.78, 5) is 17.8. The van der Waals surface area contributed by atoms with Crippen molar-refractivity contribution in [1.29, 1.82) is 0 Å². The first-order valence-electron chi connectivity index (χ1n) is 12.6. The smallest absolute Gasteiger partial charge is 0.141 e. The van der Waals surface area contributed by atoms with Crippen molar-refractivity contribution in [2.45, 2.75) is 6.61 Å². The van der Waals surface area contributed by atoms with Gasteiger partial charge in [-0.05, 0) is 41.1 Å². The number of para-hydroxylation sites is 3. The third-order valence-corrected chi connectivity index (χ3v) is 6.48. The molecule has 0 unspecified atom stereocenters. The zero-order valence-corrected chi connectivity index (χ0v) is 26.9. The van der Waals surface area contributed by atoms with Gasteiger partial charge in [0.25, 0.3) is 0 Å². The van der Waals surface area contributed by atoms with Crippen LogP contribution >= 0.6 is 0 Å². The summed E-state index contributed by atoms with van der Waals surface area (Å²) in [6.45, 7) is 0.522. The van der Waals surface area contributed by atoms with E-state index >= 15 is 0 Å². The van der Waals surface area contributed by atoms with Crippen LogP contribution in [0.3, 0.4) is 0 Å². The summed E-state index contributed by atoms with van der Waals surface area (Å²) in [6.07, 6.45) is 1.75. The van der Waals surface area contributed by atoms with Gasteiger partial charge in [-0.1, -0.05) is 48.5 Å². The average molecular weight is 782 g/mol. The largest absolute Gasteiger partial charge is 0.504 e. The van der Waals surface area contributed by atoms with Gasteiger partial charge in [-0.3, -0.25) is 4.98 Å². The van der Waals surface area contributed by atoms with Crippen LogP contribution in [0.4, 0.5) is 0 Å². The molecule has 198 valence electrons. The van der Waals surface area contributed by atoms with Crippen LogP contribution in [-0.2, 0) is 59.4 Å². The van der Waals surface area contributed by atoms with Crippen LogP contribution in [0.15, 0.2) is 109 Å². The zero-order valence-electron chi connectivity index (χ0n) is 21.7. The molecule has 2 radical (unpaired) electrons. The predicted molar refractivity (Wildman–Crippen MR) is 152 cm³/mol. The SMILES string of the molecule is [Ir].[Y].[c-]1cc2c([c-]c1-c1[c-]cccc1)-c1nc3ccccc3cc1OC2.c1ccc(-c2nc3ccccc3[n-]2)nc1. The van der Waals surface area contributed by atoms with Crippen molar-refractivity contribution in [3.63, 3.8) is 0 Å². The van der Waals surface area contributed by atoms with Crippen LogP contribution in [0.5, 0.6) is 5.75 Å². The summed E-state index contributed by atoms with van der Waals surface area (Å²) >= 11 is 0. The van der Waals surface area contributed by atoms with Crippen molar-refractivity contribution in [1.82, 2.24) is 19.9 Å². The van der Waals surface area contributed by atoms with E-state index in [1.165, 1.54) is 0 Å². The molecule has 8 rings (SSSR count). The Morgan fingerprint density at radius 3 is 2.41 bits per heavy atom. The van der Waals surface area contributed by atoms with Crippen LogP contribution < -0.4 is 9.72 Å². The van der Waals surface area contributed by atoms with Gasteiger partial charge in [0.15, 0.2) is 0 Å². The first-order valence-corrected chi connectivity index (χ1v) is 12.6. The van der Waals surface area contributed by atoms with E-state index < -0.39 is 0 Å². The summed E-state index contributed by atoms with van der Waals surface area (Å²) in [5.41, 5.74) is 8.39. The Morgan fingerprint density at radius 1 is 0.805 bits per heavy atom. The van der Waals surface area contributed by atoms with E-state index in [1.807, 2.05) is 97.1 Å². The molecule has 0 bridgehead atoms. The van der Waals surface area contributed by atoms with Gasteiger partial charge in [-0.2, -0.15) is 23.3 Å². The molecule has 0 saturated heterocycles. The minimum Gasteiger partial charge on any atom is -0.504 e. The van der Waals surface area contributed by atoms with Crippen LogP contribution in [0.1, 0.15) is 5.56 Å². The standard InChI is InChI=1S/C22H12NO.C12H8N3.Ir.Y/c1-2-6-15(7-3-1)16-10-11-18-14-24-21-13-17-8-4-5-9-20(17)23-22(21)19(18)12-16;1-2-6-10-9(5-1)14-12(15-10)11-7-3-4-8-13-11;;/h1-6,8-9,11,13H,14H2;1-8H;;/q-3;-1;;. The number of pyridine rings is 2. The molecule has 7 aromatic rings. The van der Waals surface area contributed by atoms with E-state index in [4.69, 9.17) is 9.72 Å². The maximum atomic E-state index is 5.89. The van der Waals surface area contributed by atoms with E-state index in [2.05, 4.69) is 39.2 Å². The normalized spacial score (nSPS) is 11.1. The predicted octanol–water partition coefficient (Wildman–Crippen LogP) is 7.11. The van der Waals surface area contributed by atoms with Gasteiger partial charge in [-0.25, -0.2) is 23.2 Å². The van der Waals surface area contributed by atoms with Crippen LogP contribution in [0.25, 0.3) is 55.8 Å². The van der Waals surface area contributed by atoms with E-state index in [0.29, 0.717) is 12.4 Å². The maximum Gasteiger partial charge on any atom is 0.141 e. The Morgan fingerprint density at radius 2 is 1.61 bits per heavy atom. The molecule has 0 N–H and O–H groups in total. The summed E-state index contributed by atoms with van der Waals surface area (Å²) in [6, 6.07) is 43.5. The third-order valence-electron chi connectivity index (χ3n) is 6.48. The molecule has 0 spiro atoms. The van der Waals surface area contributed by atoms with Gasteiger partial charge in [-0.15, -0.1) is 6.07 Å². The molecule has 5 nitrogen and oxygen atoms in total. The van der Waals surface area contributed by atoms with Gasteiger partial charge < -0.3 is 38.0 Å². The molecule has 3 aromatic heterocycles. The second-order valence-corrected chi connectivity index (χ2v) is 9.03. The van der Waals surface area contributed by atoms with Crippen molar-refractivity contribution >= 4 is 21.9 Å². The Hall–Kier alpha value is -3.54. The number of benzene rings is 4. The molecule has 0 atom stereocenters. The number of nitrogens with zero attached hydrogens (tertiary/aromatic N) is 4. The summed E-state index contributed by atoms with van der Waals surface area (Å²) in [7, 11) is 0. The van der Waals surface area contributed by atoms with Crippen molar-refractivity contribution in [3.8, 4) is 39.7 Å². The van der Waals surface area contributed by atoms with E-state index in [1.54, 1.807) is 6.20 Å². The molecule has 0 saturated carbocycles. The van der Waals surface area contributed by atoms with Gasteiger partial charge in [0.2, 0.25) is 0 Å². The van der Waals surface area contributed by atoms with Crippen LogP contribution in [-0.4, -0.2) is 15.0 Å². The minimum atomic E-state index is 0. The Bertz CT molecular complexity index is 1890. The Labute approximate surface area is 276 Å². The molecule has 41 heavy (non-hydrogen) atoms. The van der Waals surface area contributed by atoms with Crippen molar-refractivity contribution in [2.75, 3.05) is 0 Å². The number of hydrogen-bond acceptors (Lipinski definition) is 4. The minimum absolute atomic E-state index is 0. The van der Waals surface area contributed by atoms with Crippen molar-refractivity contribution in [2.24, 2.45) is 0 Å². The van der Waals surface area contributed by atoms with E-state index in [0.717, 1.165) is 61.3 Å². The summed E-state index contributed by atoms with van der Waals surface area (Å²) in [5, 5.41) is 1.08. The maximum absolute atomic E-state index is 5.89. The second kappa shape index (κ2) is 13.0. The fraction of sp³-hybridized carbons (Fsp3) is 0.0294. The molecule has 1 aliphatic rings. The average Bonchev–Trinajstić information content (AvgIpc) is 3.46. The first-order chi connectivity index (χ1) is 19.3. The molecular formula is C34H20IrN4OY-4. The van der Waals surface area contributed by atoms with Gasteiger partial charge in [0.05, 0.1) is 16.9 Å². The molecule has 1 aliphatic heterocycles. The quantitative estimate of drug-likeness (QED) is 0.175. The molecule has 0 aliphatic carbocycles. The number of fused-ring (bicyclic) bond motifs is 5. The fourth-order valence-corrected chi connectivity index (χ4v) is 4.55. The Kier molecular flexibility index (Phi) is 9.16. The first kappa shape index (κ1) is 29.0. The number of ether oxygens (including phenoxy) is 1. The number of rotatable bonds is 2. The van der Waals surface area contributed by atoms with Crippen molar-refractivity contribution < 1.29 is 57.6 Å². The summed E-state index contributed by atoms with van der Waals surface area (Å²) in [5.74, 6) is 1.50. The van der Waals surface area contributed by atoms with Gasteiger partial charge in [0.1, 0.15) is 5.75 Å². The van der Waals surface area contributed by atoms with E-state index in [9.17, 15) is 0 Å². The second-order valence-electron chi connectivity index (χ2n) is 9.03. The topological polar surface area (TPSA) is 62.0 Å². The van der Waals surface area contributed by atoms with Crippen LogP contribution in [0, 0.1) is 18.2 Å². The molecule has 0 fully saturated rings.